The Morgan fingerprint density at radius 3 is 2.35 bits per heavy atom. The summed E-state index contributed by atoms with van der Waals surface area (Å²) in [5.41, 5.74) is 1.31. The van der Waals surface area contributed by atoms with E-state index in [1.807, 2.05) is 0 Å². The van der Waals surface area contributed by atoms with Gasteiger partial charge in [0, 0.05) is 5.69 Å². The molecule has 0 aromatic heterocycles. The number of rotatable bonds is 5. The molecule has 26 heavy (non-hydrogen) atoms. The SMILES string of the molecule is O=C(COc1ccc(/C=C2/NC(=O)NC2=O)cc1)Nc1ccc(F)cc1. The first-order valence-electron chi connectivity index (χ1n) is 7.62. The molecule has 2 aromatic rings. The number of halogens is 1. The standard InChI is InChI=1S/C18H14FN3O4/c19-12-3-5-13(6-4-12)20-16(23)10-26-14-7-1-11(2-8-14)9-15-17(24)22-18(25)21-15/h1-9H,10H2,(H,20,23)(H2,21,22,24,25)/b15-9+. The van der Waals surface area contributed by atoms with Crippen molar-refractivity contribution in [2.45, 2.75) is 0 Å². The summed E-state index contributed by atoms with van der Waals surface area (Å²) in [5.74, 6) is -0.800. The summed E-state index contributed by atoms with van der Waals surface area (Å²) in [4.78, 5) is 34.3. The summed E-state index contributed by atoms with van der Waals surface area (Å²) < 4.78 is 18.2. The van der Waals surface area contributed by atoms with Crippen molar-refractivity contribution < 1.29 is 23.5 Å². The molecule has 8 heteroatoms. The molecule has 0 aliphatic carbocycles. The van der Waals surface area contributed by atoms with Crippen LogP contribution >= 0.6 is 0 Å². The van der Waals surface area contributed by atoms with Gasteiger partial charge >= 0.3 is 6.03 Å². The van der Waals surface area contributed by atoms with Crippen molar-refractivity contribution in [2.24, 2.45) is 0 Å². The lowest BCUT2D eigenvalue weighted by Crippen LogP contribution is -2.22. The van der Waals surface area contributed by atoms with Gasteiger partial charge in [-0.15, -0.1) is 0 Å². The first-order chi connectivity index (χ1) is 12.5. The highest BCUT2D eigenvalue weighted by molar-refractivity contribution is 6.13. The lowest BCUT2D eigenvalue weighted by molar-refractivity contribution is -0.118. The van der Waals surface area contributed by atoms with Crippen molar-refractivity contribution in [1.82, 2.24) is 10.6 Å². The van der Waals surface area contributed by atoms with Gasteiger partial charge < -0.3 is 15.4 Å². The Morgan fingerprint density at radius 1 is 1.04 bits per heavy atom. The van der Waals surface area contributed by atoms with Crippen molar-refractivity contribution in [1.29, 1.82) is 0 Å². The van der Waals surface area contributed by atoms with Gasteiger partial charge in [0.15, 0.2) is 6.61 Å². The van der Waals surface area contributed by atoms with E-state index in [-0.39, 0.29) is 24.0 Å². The van der Waals surface area contributed by atoms with Crippen LogP contribution in [0.25, 0.3) is 6.08 Å². The molecule has 7 nitrogen and oxygen atoms in total. The number of imide groups is 1. The average Bonchev–Trinajstić information content (AvgIpc) is 2.93. The molecule has 2 aromatic carbocycles. The Hall–Kier alpha value is -3.68. The number of urea groups is 1. The molecule has 0 radical (unpaired) electrons. The number of benzene rings is 2. The molecule has 0 spiro atoms. The molecule has 0 bridgehead atoms. The first-order valence-corrected chi connectivity index (χ1v) is 7.62. The second kappa shape index (κ2) is 7.47. The van der Waals surface area contributed by atoms with E-state index >= 15 is 0 Å². The number of anilines is 1. The van der Waals surface area contributed by atoms with E-state index in [9.17, 15) is 18.8 Å². The van der Waals surface area contributed by atoms with Gasteiger partial charge in [-0.05, 0) is 48.0 Å². The quantitative estimate of drug-likeness (QED) is 0.565. The van der Waals surface area contributed by atoms with Gasteiger partial charge in [-0.25, -0.2) is 9.18 Å². The topological polar surface area (TPSA) is 96.5 Å². The van der Waals surface area contributed by atoms with Crippen molar-refractivity contribution in [3.63, 3.8) is 0 Å². The highest BCUT2D eigenvalue weighted by atomic mass is 19.1. The van der Waals surface area contributed by atoms with E-state index in [1.165, 1.54) is 30.3 Å². The van der Waals surface area contributed by atoms with Crippen molar-refractivity contribution in [3.05, 3.63) is 65.6 Å². The third-order valence-electron chi connectivity index (χ3n) is 3.41. The number of hydrogen-bond donors (Lipinski definition) is 3. The number of amides is 4. The van der Waals surface area contributed by atoms with E-state index in [2.05, 4.69) is 16.0 Å². The molecule has 0 saturated carbocycles. The van der Waals surface area contributed by atoms with Gasteiger partial charge in [0.25, 0.3) is 11.8 Å². The lowest BCUT2D eigenvalue weighted by Gasteiger charge is -2.08. The molecule has 3 N–H and O–H groups in total. The zero-order valence-electron chi connectivity index (χ0n) is 13.4. The van der Waals surface area contributed by atoms with Gasteiger partial charge in [0.1, 0.15) is 17.3 Å². The van der Waals surface area contributed by atoms with Crippen LogP contribution in [0.2, 0.25) is 0 Å². The maximum Gasteiger partial charge on any atom is 0.326 e. The minimum atomic E-state index is -0.562. The lowest BCUT2D eigenvalue weighted by atomic mass is 10.2. The molecule has 1 heterocycles. The highest BCUT2D eigenvalue weighted by Crippen LogP contribution is 2.15. The predicted molar refractivity (Wildman–Crippen MR) is 91.6 cm³/mol. The summed E-state index contributed by atoms with van der Waals surface area (Å²) in [6.07, 6.45) is 1.52. The van der Waals surface area contributed by atoms with Crippen LogP contribution in [0, 0.1) is 5.82 Å². The molecule has 1 aliphatic heterocycles. The van der Waals surface area contributed by atoms with Gasteiger partial charge in [-0.3, -0.25) is 14.9 Å². The summed E-state index contributed by atoms with van der Waals surface area (Å²) in [5, 5.41) is 7.08. The van der Waals surface area contributed by atoms with E-state index in [0.717, 1.165) is 0 Å². The Morgan fingerprint density at radius 2 is 1.73 bits per heavy atom. The largest absolute Gasteiger partial charge is 0.484 e. The van der Waals surface area contributed by atoms with Crippen molar-refractivity contribution in [2.75, 3.05) is 11.9 Å². The molecular weight excluding hydrogens is 341 g/mol. The molecule has 1 fully saturated rings. The van der Waals surface area contributed by atoms with E-state index < -0.39 is 11.9 Å². The third-order valence-corrected chi connectivity index (χ3v) is 3.41. The van der Waals surface area contributed by atoms with E-state index in [0.29, 0.717) is 17.0 Å². The van der Waals surface area contributed by atoms with Gasteiger partial charge in [-0.1, -0.05) is 12.1 Å². The smallest absolute Gasteiger partial charge is 0.326 e. The van der Waals surface area contributed by atoms with Crippen LogP contribution in [0.1, 0.15) is 5.56 Å². The van der Waals surface area contributed by atoms with E-state index in [1.54, 1.807) is 24.3 Å². The fraction of sp³-hybridized carbons (Fsp3) is 0.0556. The minimum absolute atomic E-state index is 0.155. The number of carbonyl (C=O) groups is 3. The normalized spacial score (nSPS) is 14.7. The number of nitrogens with one attached hydrogen (secondary N) is 3. The summed E-state index contributed by atoms with van der Waals surface area (Å²) in [6.45, 7) is -0.212. The zero-order valence-corrected chi connectivity index (χ0v) is 13.4. The monoisotopic (exact) mass is 355 g/mol. The molecule has 0 unspecified atom stereocenters. The van der Waals surface area contributed by atoms with Crippen LogP contribution in [-0.2, 0) is 9.59 Å². The Balaban J connectivity index is 1.53. The Kier molecular flexibility index (Phi) is 4.93. The van der Waals surface area contributed by atoms with Crippen LogP contribution < -0.4 is 20.7 Å². The summed E-state index contributed by atoms with van der Waals surface area (Å²) in [7, 11) is 0. The number of carbonyl (C=O) groups excluding carboxylic acids is 3. The maximum absolute atomic E-state index is 12.8. The predicted octanol–water partition coefficient (Wildman–Crippen LogP) is 2.02. The van der Waals surface area contributed by atoms with Crippen molar-refractivity contribution in [3.8, 4) is 5.75 Å². The first kappa shape index (κ1) is 17.2. The van der Waals surface area contributed by atoms with Crippen LogP contribution in [0.4, 0.5) is 14.9 Å². The van der Waals surface area contributed by atoms with Crippen LogP contribution in [-0.4, -0.2) is 24.5 Å². The molecule has 132 valence electrons. The minimum Gasteiger partial charge on any atom is -0.484 e. The van der Waals surface area contributed by atoms with Crippen molar-refractivity contribution >= 4 is 29.6 Å². The van der Waals surface area contributed by atoms with E-state index in [4.69, 9.17) is 4.74 Å². The fourth-order valence-electron chi connectivity index (χ4n) is 2.19. The summed E-state index contributed by atoms with van der Waals surface area (Å²) >= 11 is 0. The zero-order chi connectivity index (χ0) is 18.5. The van der Waals surface area contributed by atoms with Gasteiger partial charge in [0.05, 0.1) is 0 Å². The van der Waals surface area contributed by atoms with Gasteiger partial charge in [-0.2, -0.15) is 0 Å². The van der Waals surface area contributed by atoms with Crippen LogP contribution in [0.3, 0.4) is 0 Å². The Labute approximate surface area is 147 Å². The molecule has 1 aliphatic rings. The fourth-order valence-corrected chi connectivity index (χ4v) is 2.19. The molecule has 3 rings (SSSR count). The average molecular weight is 355 g/mol. The molecule has 1 saturated heterocycles. The highest BCUT2D eigenvalue weighted by Gasteiger charge is 2.22. The third kappa shape index (κ3) is 4.44. The maximum atomic E-state index is 12.8. The number of hydrogen-bond acceptors (Lipinski definition) is 4. The van der Waals surface area contributed by atoms with Gasteiger partial charge in [0.2, 0.25) is 0 Å². The second-order valence-electron chi connectivity index (χ2n) is 5.38. The van der Waals surface area contributed by atoms with Crippen LogP contribution in [0.15, 0.2) is 54.2 Å². The second-order valence-corrected chi connectivity index (χ2v) is 5.38. The number of ether oxygens (including phenoxy) is 1. The molecular formula is C18H14FN3O4. The summed E-state index contributed by atoms with van der Waals surface area (Å²) in [6, 6.07) is 11.5. The molecule has 4 amide bonds. The molecule has 0 atom stereocenters. The Bertz CT molecular complexity index is 876. The van der Waals surface area contributed by atoms with Crippen LogP contribution in [0.5, 0.6) is 5.75 Å².